The molecule has 2 aromatic carbocycles. The first-order valence-electron chi connectivity index (χ1n) is 7.02. The largest absolute Gasteiger partial charge is 0.486 e. The van der Waals surface area contributed by atoms with Crippen molar-refractivity contribution in [1.82, 2.24) is 0 Å². The Morgan fingerprint density at radius 3 is 2.73 bits per heavy atom. The monoisotopic (exact) mass is 317 g/mol. The quantitative estimate of drug-likeness (QED) is 0.911. The van der Waals surface area contributed by atoms with E-state index < -0.39 is 0 Å². The molecular weight excluding hydrogens is 302 g/mol. The van der Waals surface area contributed by atoms with Gasteiger partial charge in [-0.25, -0.2) is 0 Å². The van der Waals surface area contributed by atoms with Gasteiger partial charge in [-0.2, -0.15) is 0 Å². The summed E-state index contributed by atoms with van der Waals surface area (Å²) in [4.78, 5) is 12.4. The Morgan fingerprint density at radius 2 is 1.91 bits per heavy atom. The van der Waals surface area contributed by atoms with Gasteiger partial charge in [-0.1, -0.05) is 23.7 Å². The summed E-state index contributed by atoms with van der Waals surface area (Å²) in [5.41, 5.74) is 3.31. The molecule has 0 bridgehead atoms. The molecule has 0 aliphatic carbocycles. The Morgan fingerprint density at radius 1 is 1.14 bits per heavy atom. The van der Waals surface area contributed by atoms with Crippen LogP contribution in [-0.4, -0.2) is 19.1 Å². The lowest BCUT2D eigenvalue weighted by Crippen LogP contribution is -2.18. The number of hydrogen-bond donors (Lipinski definition) is 1. The molecule has 1 N–H and O–H groups in total. The molecule has 0 radical (unpaired) electrons. The number of aryl methyl sites for hydroxylation is 2. The number of ether oxygens (including phenoxy) is 2. The lowest BCUT2D eigenvalue weighted by Gasteiger charge is -2.20. The maximum atomic E-state index is 12.4. The first kappa shape index (κ1) is 14.7. The van der Waals surface area contributed by atoms with Crippen molar-refractivity contribution in [3.05, 3.63) is 52.0 Å². The maximum Gasteiger partial charge on any atom is 0.255 e. The molecular formula is C17H16ClNO3. The van der Waals surface area contributed by atoms with E-state index in [9.17, 15) is 4.79 Å². The molecule has 0 saturated heterocycles. The number of anilines is 1. The summed E-state index contributed by atoms with van der Waals surface area (Å²) < 4.78 is 11.0. The van der Waals surface area contributed by atoms with Gasteiger partial charge in [-0.05, 0) is 43.2 Å². The zero-order valence-corrected chi connectivity index (χ0v) is 13.2. The van der Waals surface area contributed by atoms with Crippen LogP contribution in [0.4, 0.5) is 5.69 Å². The highest BCUT2D eigenvalue weighted by Crippen LogP contribution is 2.38. The molecule has 4 nitrogen and oxygen atoms in total. The van der Waals surface area contributed by atoms with Crippen LogP contribution in [0.25, 0.3) is 0 Å². The van der Waals surface area contributed by atoms with Crippen molar-refractivity contribution < 1.29 is 14.3 Å². The van der Waals surface area contributed by atoms with Gasteiger partial charge in [0.05, 0.1) is 5.02 Å². The Labute approximate surface area is 134 Å². The van der Waals surface area contributed by atoms with Gasteiger partial charge in [0, 0.05) is 11.3 Å². The van der Waals surface area contributed by atoms with E-state index in [-0.39, 0.29) is 5.91 Å². The van der Waals surface area contributed by atoms with E-state index >= 15 is 0 Å². The number of nitrogens with one attached hydrogen (secondary N) is 1. The molecule has 1 heterocycles. The van der Waals surface area contributed by atoms with Gasteiger partial charge in [0.2, 0.25) is 0 Å². The number of rotatable bonds is 2. The van der Waals surface area contributed by atoms with Gasteiger partial charge in [-0.15, -0.1) is 0 Å². The van der Waals surface area contributed by atoms with E-state index in [2.05, 4.69) is 5.32 Å². The van der Waals surface area contributed by atoms with Crippen molar-refractivity contribution in [1.29, 1.82) is 0 Å². The minimum atomic E-state index is -0.229. The summed E-state index contributed by atoms with van der Waals surface area (Å²) in [6.45, 7) is 4.84. The van der Waals surface area contributed by atoms with Gasteiger partial charge in [0.15, 0.2) is 11.5 Å². The summed E-state index contributed by atoms with van der Waals surface area (Å²) in [5, 5.41) is 3.29. The van der Waals surface area contributed by atoms with Crippen LogP contribution in [0.1, 0.15) is 21.5 Å². The SMILES string of the molecule is Cc1ccc(C)c(NC(=O)c2cc(Cl)c3c(c2)OCCO3)c1. The second-order valence-electron chi connectivity index (χ2n) is 5.25. The van der Waals surface area contributed by atoms with Crippen LogP contribution in [0.15, 0.2) is 30.3 Å². The molecule has 0 spiro atoms. The maximum absolute atomic E-state index is 12.4. The van der Waals surface area contributed by atoms with Crippen molar-refractivity contribution in [3.8, 4) is 11.5 Å². The third-order valence-electron chi connectivity index (χ3n) is 3.50. The minimum absolute atomic E-state index is 0.229. The van der Waals surface area contributed by atoms with Crippen LogP contribution in [0.3, 0.4) is 0 Å². The lowest BCUT2D eigenvalue weighted by atomic mass is 10.1. The molecule has 2 aromatic rings. The number of carbonyl (C=O) groups is 1. The minimum Gasteiger partial charge on any atom is -0.486 e. The Hall–Kier alpha value is -2.20. The molecule has 0 saturated carbocycles. The summed E-state index contributed by atoms with van der Waals surface area (Å²) in [5.74, 6) is 0.772. The summed E-state index contributed by atoms with van der Waals surface area (Å²) in [6, 6.07) is 9.16. The first-order chi connectivity index (χ1) is 10.5. The smallest absolute Gasteiger partial charge is 0.255 e. The van der Waals surface area contributed by atoms with E-state index in [4.69, 9.17) is 21.1 Å². The third-order valence-corrected chi connectivity index (χ3v) is 3.78. The second kappa shape index (κ2) is 5.89. The molecule has 3 rings (SSSR count). The number of halogens is 1. The number of hydrogen-bond acceptors (Lipinski definition) is 3. The fraction of sp³-hybridized carbons (Fsp3) is 0.235. The van der Waals surface area contributed by atoms with E-state index in [1.807, 2.05) is 32.0 Å². The van der Waals surface area contributed by atoms with Gasteiger partial charge < -0.3 is 14.8 Å². The van der Waals surface area contributed by atoms with Crippen LogP contribution in [0, 0.1) is 13.8 Å². The normalized spacial score (nSPS) is 12.9. The van der Waals surface area contributed by atoms with Crippen LogP contribution in [0.2, 0.25) is 5.02 Å². The van der Waals surface area contributed by atoms with Gasteiger partial charge >= 0.3 is 0 Å². The average Bonchev–Trinajstić information content (AvgIpc) is 2.51. The molecule has 0 fully saturated rings. The Bertz CT molecular complexity index is 743. The summed E-state index contributed by atoms with van der Waals surface area (Å²) in [7, 11) is 0. The van der Waals surface area contributed by atoms with Gasteiger partial charge in [0.1, 0.15) is 13.2 Å². The first-order valence-corrected chi connectivity index (χ1v) is 7.40. The van der Waals surface area contributed by atoms with E-state index in [1.165, 1.54) is 0 Å². The van der Waals surface area contributed by atoms with E-state index in [0.717, 1.165) is 16.8 Å². The van der Waals surface area contributed by atoms with Gasteiger partial charge in [0.25, 0.3) is 5.91 Å². The zero-order chi connectivity index (χ0) is 15.7. The lowest BCUT2D eigenvalue weighted by molar-refractivity contribution is 0.102. The fourth-order valence-electron chi connectivity index (χ4n) is 2.31. The van der Waals surface area contributed by atoms with Crippen LogP contribution < -0.4 is 14.8 Å². The van der Waals surface area contributed by atoms with E-state index in [1.54, 1.807) is 12.1 Å². The zero-order valence-electron chi connectivity index (χ0n) is 12.4. The molecule has 0 atom stereocenters. The van der Waals surface area contributed by atoms with E-state index in [0.29, 0.717) is 35.3 Å². The van der Waals surface area contributed by atoms with Crippen LogP contribution in [0.5, 0.6) is 11.5 Å². The van der Waals surface area contributed by atoms with Crippen LogP contribution in [-0.2, 0) is 0 Å². The molecule has 1 aliphatic heterocycles. The second-order valence-corrected chi connectivity index (χ2v) is 5.66. The van der Waals surface area contributed by atoms with Crippen molar-refractivity contribution in [2.75, 3.05) is 18.5 Å². The third kappa shape index (κ3) is 2.88. The Kier molecular flexibility index (Phi) is 3.94. The topological polar surface area (TPSA) is 47.6 Å². The molecule has 0 aromatic heterocycles. The molecule has 0 unspecified atom stereocenters. The highest BCUT2D eigenvalue weighted by Gasteiger charge is 2.19. The van der Waals surface area contributed by atoms with Crippen molar-refractivity contribution in [2.45, 2.75) is 13.8 Å². The average molecular weight is 318 g/mol. The fourth-order valence-corrected chi connectivity index (χ4v) is 2.57. The highest BCUT2D eigenvalue weighted by atomic mass is 35.5. The van der Waals surface area contributed by atoms with Gasteiger partial charge in [-0.3, -0.25) is 4.79 Å². The highest BCUT2D eigenvalue weighted by molar-refractivity contribution is 6.32. The molecule has 22 heavy (non-hydrogen) atoms. The van der Waals surface area contributed by atoms with Crippen molar-refractivity contribution in [2.24, 2.45) is 0 Å². The number of carbonyl (C=O) groups excluding carboxylic acids is 1. The van der Waals surface area contributed by atoms with Crippen molar-refractivity contribution >= 4 is 23.2 Å². The van der Waals surface area contributed by atoms with Crippen molar-refractivity contribution in [3.63, 3.8) is 0 Å². The molecule has 1 aliphatic rings. The molecule has 1 amide bonds. The number of amides is 1. The molecule has 5 heteroatoms. The number of fused-ring (bicyclic) bond motifs is 1. The Balaban J connectivity index is 1.89. The molecule has 114 valence electrons. The number of benzene rings is 2. The summed E-state index contributed by atoms with van der Waals surface area (Å²) >= 11 is 6.17. The van der Waals surface area contributed by atoms with Crippen LogP contribution >= 0.6 is 11.6 Å². The predicted octanol–water partition coefficient (Wildman–Crippen LogP) is 3.98. The standard InChI is InChI=1S/C17H16ClNO3/c1-10-3-4-11(2)14(7-10)19-17(20)12-8-13(18)16-15(9-12)21-5-6-22-16/h3-4,7-9H,5-6H2,1-2H3,(H,19,20). The predicted molar refractivity (Wildman–Crippen MR) is 86.3 cm³/mol. The summed E-state index contributed by atoms with van der Waals surface area (Å²) in [6.07, 6.45) is 0.